The van der Waals surface area contributed by atoms with Crippen LogP contribution < -0.4 is 15.2 Å². The number of nitrogens with two attached hydrogens (primary N) is 1. The van der Waals surface area contributed by atoms with Gasteiger partial charge in [0.25, 0.3) is 0 Å². The molecule has 0 heterocycles. The Labute approximate surface area is 138 Å². The molecule has 0 unspecified atom stereocenters. The van der Waals surface area contributed by atoms with Crippen molar-refractivity contribution in [3.63, 3.8) is 0 Å². The number of carbonyl (C=O) groups excluding carboxylic acids is 1. The van der Waals surface area contributed by atoms with Crippen LogP contribution in [0, 0.1) is 0 Å². The van der Waals surface area contributed by atoms with Gasteiger partial charge in [-0.25, -0.2) is 4.79 Å². The molecule has 0 radical (unpaired) electrons. The van der Waals surface area contributed by atoms with Crippen LogP contribution in [0.2, 0.25) is 5.02 Å². The first-order valence-electron chi connectivity index (χ1n) is 6.65. The number of amidine groups is 1. The van der Waals surface area contributed by atoms with Gasteiger partial charge in [0.2, 0.25) is 0 Å². The Morgan fingerprint density at radius 2 is 1.78 bits per heavy atom. The Balaban J connectivity index is 1.89. The molecule has 120 valence electrons. The largest absolute Gasteiger partial charge is 0.493 e. The number of hydrogen-bond acceptors (Lipinski definition) is 5. The number of oxime groups is 1. The van der Waals surface area contributed by atoms with Gasteiger partial charge < -0.3 is 20.0 Å². The van der Waals surface area contributed by atoms with Crippen molar-refractivity contribution in [2.75, 3.05) is 13.7 Å². The zero-order valence-corrected chi connectivity index (χ0v) is 13.1. The Hall–Kier alpha value is -2.73. The lowest BCUT2D eigenvalue weighted by atomic mass is 10.2. The van der Waals surface area contributed by atoms with E-state index in [1.165, 1.54) is 7.11 Å². The SMILES string of the molecule is COc1ccccc1OCC(=O)O/N=C(\N)c1ccc(Cl)cc1. The number of carbonyl (C=O) groups is 1. The van der Waals surface area contributed by atoms with Crippen LogP contribution >= 0.6 is 11.6 Å². The molecule has 0 aliphatic rings. The van der Waals surface area contributed by atoms with Gasteiger partial charge in [0, 0.05) is 10.6 Å². The molecule has 2 rings (SSSR count). The summed E-state index contributed by atoms with van der Waals surface area (Å²) in [5, 5.41) is 4.14. The number of benzene rings is 2. The van der Waals surface area contributed by atoms with Crippen LogP contribution in [0.1, 0.15) is 5.56 Å². The smallest absolute Gasteiger partial charge is 0.372 e. The maximum absolute atomic E-state index is 11.6. The topological polar surface area (TPSA) is 83.1 Å². The number of nitrogens with zero attached hydrogens (tertiary/aromatic N) is 1. The summed E-state index contributed by atoms with van der Waals surface area (Å²) < 4.78 is 10.4. The van der Waals surface area contributed by atoms with Crippen molar-refractivity contribution < 1.29 is 19.1 Å². The summed E-state index contributed by atoms with van der Waals surface area (Å²) in [5.41, 5.74) is 6.31. The Kier molecular flexibility index (Phi) is 5.82. The van der Waals surface area contributed by atoms with Crippen molar-refractivity contribution in [2.24, 2.45) is 10.9 Å². The second kappa shape index (κ2) is 8.05. The molecular formula is C16H15ClN2O4. The summed E-state index contributed by atoms with van der Waals surface area (Å²) in [5.74, 6) is 0.325. The first-order chi connectivity index (χ1) is 11.1. The van der Waals surface area contributed by atoms with Crippen LogP contribution in [-0.4, -0.2) is 25.5 Å². The van der Waals surface area contributed by atoms with E-state index >= 15 is 0 Å². The molecule has 7 heteroatoms. The Morgan fingerprint density at radius 1 is 1.13 bits per heavy atom. The van der Waals surface area contributed by atoms with E-state index in [9.17, 15) is 4.79 Å². The normalized spacial score (nSPS) is 11.0. The minimum Gasteiger partial charge on any atom is -0.493 e. The van der Waals surface area contributed by atoms with Gasteiger partial charge in [-0.2, -0.15) is 0 Å². The van der Waals surface area contributed by atoms with Crippen molar-refractivity contribution in [1.29, 1.82) is 0 Å². The third-order valence-corrected chi connectivity index (χ3v) is 3.05. The molecule has 0 spiro atoms. The van der Waals surface area contributed by atoms with E-state index in [-0.39, 0.29) is 12.4 Å². The summed E-state index contributed by atoms with van der Waals surface area (Å²) in [4.78, 5) is 16.3. The number of rotatable bonds is 6. The lowest BCUT2D eigenvalue weighted by Gasteiger charge is -2.08. The molecule has 2 aromatic carbocycles. The van der Waals surface area contributed by atoms with Crippen LogP contribution in [0.25, 0.3) is 0 Å². The molecule has 6 nitrogen and oxygen atoms in total. The van der Waals surface area contributed by atoms with Crippen LogP contribution in [0.3, 0.4) is 0 Å². The summed E-state index contributed by atoms with van der Waals surface area (Å²) in [7, 11) is 1.51. The van der Waals surface area contributed by atoms with E-state index in [0.717, 1.165) is 0 Å². The lowest BCUT2D eigenvalue weighted by Crippen LogP contribution is -2.18. The quantitative estimate of drug-likeness (QED) is 0.380. The number of halogens is 1. The van der Waals surface area contributed by atoms with Crippen molar-refractivity contribution in [3.8, 4) is 11.5 Å². The predicted octanol–water partition coefficient (Wildman–Crippen LogP) is 2.59. The van der Waals surface area contributed by atoms with E-state index < -0.39 is 5.97 Å². The fourth-order valence-corrected chi connectivity index (χ4v) is 1.80. The van der Waals surface area contributed by atoms with Gasteiger partial charge >= 0.3 is 5.97 Å². The van der Waals surface area contributed by atoms with Crippen molar-refractivity contribution in [3.05, 3.63) is 59.1 Å². The van der Waals surface area contributed by atoms with Crippen LogP contribution in [0.15, 0.2) is 53.7 Å². The van der Waals surface area contributed by atoms with Crippen molar-refractivity contribution in [2.45, 2.75) is 0 Å². The predicted molar refractivity (Wildman–Crippen MR) is 86.8 cm³/mol. The molecule has 0 saturated heterocycles. The molecule has 0 amide bonds. The molecule has 0 saturated carbocycles. The number of para-hydroxylation sites is 2. The molecule has 23 heavy (non-hydrogen) atoms. The van der Waals surface area contributed by atoms with Crippen LogP contribution in [0.5, 0.6) is 11.5 Å². The lowest BCUT2D eigenvalue weighted by molar-refractivity contribution is -0.146. The van der Waals surface area contributed by atoms with Gasteiger partial charge in [-0.1, -0.05) is 28.9 Å². The van der Waals surface area contributed by atoms with Gasteiger partial charge in [0.1, 0.15) is 0 Å². The molecule has 2 N–H and O–H groups in total. The minimum absolute atomic E-state index is 0.0623. The van der Waals surface area contributed by atoms with E-state index in [1.807, 2.05) is 0 Å². The molecule has 0 aromatic heterocycles. The number of methoxy groups -OCH3 is 1. The first-order valence-corrected chi connectivity index (χ1v) is 7.03. The molecule has 0 fully saturated rings. The summed E-state index contributed by atoms with van der Waals surface area (Å²) in [6.07, 6.45) is 0. The van der Waals surface area contributed by atoms with E-state index in [0.29, 0.717) is 22.1 Å². The molecule has 2 aromatic rings. The second-order valence-corrected chi connectivity index (χ2v) is 4.82. The summed E-state index contributed by atoms with van der Waals surface area (Å²) in [6, 6.07) is 13.6. The average Bonchev–Trinajstić information content (AvgIpc) is 2.58. The van der Waals surface area contributed by atoms with Gasteiger partial charge in [-0.05, 0) is 36.4 Å². The van der Waals surface area contributed by atoms with E-state index in [2.05, 4.69) is 5.16 Å². The van der Waals surface area contributed by atoms with Gasteiger partial charge in [-0.3, -0.25) is 0 Å². The van der Waals surface area contributed by atoms with Crippen LogP contribution in [-0.2, 0) is 9.63 Å². The molecule has 0 aliphatic carbocycles. The molecular weight excluding hydrogens is 320 g/mol. The monoisotopic (exact) mass is 334 g/mol. The molecule has 0 atom stereocenters. The highest BCUT2D eigenvalue weighted by atomic mass is 35.5. The number of hydrogen-bond donors (Lipinski definition) is 1. The van der Waals surface area contributed by atoms with Gasteiger partial charge in [-0.15, -0.1) is 0 Å². The molecule has 0 aliphatic heterocycles. The van der Waals surface area contributed by atoms with Crippen LogP contribution in [0.4, 0.5) is 0 Å². The fourth-order valence-electron chi connectivity index (χ4n) is 1.67. The van der Waals surface area contributed by atoms with E-state index in [1.54, 1.807) is 48.5 Å². The maximum Gasteiger partial charge on any atom is 0.372 e. The third-order valence-electron chi connectivity index (χ3n) is 2.80. The Bertz CT molecular complexity index is 701. The Morgan fingerprint density at radius 3 is 2.43 bits per heavy atom. The van der Waals surface area contributed by atoms with Gasteiger partial charge in [0.05, 0.1) is 7.11 Å². The average molecular weight is 335 g/mol. The zero-order chi connectivity index (χ0) is 16.7. The number of ether oxygens (including phenoxy) is 2. The van der Waals surface area contributed by atoms with Crippen molar-refractivity contribution in [1.82, 2.24) is 0 Å². The summed E-state index contributed by atoms with van der Waals surface area (Å²) in [6.45, 7) is -0.322. The van der Waals surface area contributed by atoms with Crippen molar-refractivity contribution >= 4 is 23.4 Å². The van der Waals surface area contributed by atoms with E-state index in [4.69, 9.17) is 31.6 Å². The first kappa shape index (κ1) is 16.6. The second-order valence-electron chi connectivity index (χ2n) is 4.39. The highest BCUT2D eigenvalue weighted by Gasteiger charge is 2.08. The minimum atomic E-state index is -0.687. The van der Waals surface area contributed by atoms with Gasteiger partial charge in [0.15, 0.2) is 23.9 Å². The molecule has 0 bridgehead atoms. The highest BCUT2D eigenvalue weighted by molar-refractivity contribution is 6.30. The third kappa shape index (κ3) is 4.89. The summed E-state index contributed by atoms with van der Waals surface area (Å²) >= 11 is 5.78. The maximum atomic E-state index is 11.6. The highest BCUT2D eigenvalue weighted by Crippen LogP contribution is 2.25. The standard InChI is InChI=1S/C16H15ClN2O4/c1-21-13-4-2-3-5-14(13)22-10-15(20)23-19-16(18)11-6-8-12(17)9-7-11/h2-9H,10H2,1H3,(H2,18,19). The zero-order valence-electron chi connectivity index (χ0n) is 12.4. The fraction of sp³-hybridized carbons (Fsp3) is 0.125.